The second-order valence-electron chi connectivity index (χ2n) is 4.74. The average molecular weight is 248 g/mol. The molecule has 0 radical (unpaired) electrons. The van der Waals surface area contributed by atoms with Crippen molar-refractivity contribution in [3.8, 4) is 0 Å². The standard InChI is InChI=1S/C13H20N4O/c1-9-5-6-11(12(14)18)13(16-9)17-7-3-4-10(17)8-15-2/h5-6,10,15H,3-4,7-8H2,1-2H3,(H2,14,18). The Morgan fingerprint density at radius 3 is 3.06 bits per heavy atom. The smallest absolute Gasteiger partial charge is 0.252 e. The van der Waals surface area contributed by atoms with Gasteiger partial charge in [-0.3, -0.25) is 4.79 Å². The molecule has 1 aromatic heterocycles. The van der Waals surface area contributed by atoms with Crippen LogP contribution in [0.4, 0.5) is 5.82 Å². The first-order valence-corrected chi connectivity index (χ1v) is 6.32. The van der Waals surface area contributed by atoms with Gasteiger partial charge in [0.25, 0.3) is 5.91 Å². The van der Waals surface area contributed by atoms with E-state index < -0.39 is 5.91 Å². The van der Waals surface area contributed by atoms with Crippen LogP contribution in [0.5, 0.6) is 0 Å². The molecule has 5 heteroatoms. The van der Waals surface area contributed by atoms with E-state index in [0.717, 1.165) is 37.4 Å². The molecule has 5 nitrogen and oxygen atoms in total. The van der Waals surface area contributed by atoms with Gasteiger partial charge in [-0.25, -0.2) is 4.98 Å². The van der Waals surface area contributed by atoms with Gasteiger partial charge in [0.05, 0.1) is 5.56 Å². The number of carbonyl (C=O) groups excluding carboxylic acids is 1. The van der Waals surface area contributed by atoms with Crippen molar-refractivity contribution < 1.29 is 4.79 Å². The van der Waals surface area contributed by atoms with Gasteiger partial charge in [0.1, 0.15) is 5.82 Å². The molecule has 0 aliphatic carbocycles. The van der Waals surface area contributed by atoms with Crippen molar-refractivity contribution in [1.82, 2.24) is 10.3 Å². The van der Waals surface area contributed by atoms with E-state index >= 15 is 0 Å². The van der Waals surface area contributed by atoms with Gasteiger partial charge < -0.3 is 16.0 Å². The van der Waals surface area contributed by atoms with Crippen LogP contribution in [-0.4, -0.2) is 37.1 Å². The zero-order valence-corrected chi connectivity index (χ0v) is 10.9. The van der Waals surface area contributed by atoms with Crippen LogP contribution in [0, 0.1) is 6.92 Å². The second kappa shape index (κ2) is 5.35. The van der Waals surface area contributed by atoms with Crippen LogP contribution >= 0.6 is 0 Å². The highest BCUT2D eigenvalue weighted by molar-refractivity contribution is 5.97. The van der Waals surface area contributed by atoms with E-state index in [0.29, 0.717) is 11.6 Å². The lowest BCUT2D eigenvalue weighted by molar-refractivity contribution is 0.100. The lowest BCUT2D eigenvalue weighted by Gasteiger charge is -2.27. The summed E-state index contributed by atoms with van der Waals surface area (Å²) in [6.07, 6.45) is 2.24. The zero-order valence-electron chi connectivity index (χ0n) is 10.9. The van der Waals surface area contributed by atoms with Gasteiger partial charge in [-0.1, -0.05) is 0 Å². The number of likely N-dealkylation sites (N-methyl/N-ethyl adjacent to an activating group) is 1. The van der Waals surface area contributed by atoms with Gasteiger partial charge in [-0.2, -0.15) is 0 Å². The number of hydrogen-bond acceptors (Lipinski definition) is 4. The number of hydrogen-bond donors (Lipinski definition) is 2. The van der Waals surface area contributed by atoms with Gasteiger partial charge in [0.2, 0.25) is 0 Å². The van der Waals surface area contributed by atoms with E-state index in [4.69, 9.17) is 5.73 Å². The topological polar surface area (TPSA) is 71.2 Å². The van der Waals surface area contributed by atoms with Gasteiger partial charge in [0.15, 0.2) is 0 Å². The Balaban J connectivity index is 2.36. The van der Waals surface area contributed by atoms with Crippen LogP contribution in [0.1, 0.15) is 28.9 Å². The molecule has 2 rings (SSSR count). The molecule has 98 valence electrons. The van der Waals surface area contributed by atoms with Crippen molar-refractivity contribution in [2.24, 2.45) is 5.73 Å². The summed E-state index contributed by atoms with van der Waals surface area (Å²) < 4.78 is 0. The maximum Gasteiger partial charge on any atom is 0.252 e. The highest BCUT2D eigenvalue weighted by atomic mass is 16.1. The fraction of sp³-hybridized carbons (Fsp3) is 0.538. The maximum atomic E-state index is 11.5. The molecule has 1 aromatic rings. The Labute approximate surface area is 107 Å². The van der Waals surface area contributed by atoms with Crippen LogP contribution in [0.2, 0.25) is 0 Å². The first-order valence-electron chi connectivity index (χ1n) is 6.32. The third-order valence-electron chi connectivity index (χ3n) is 3.37. The summed E-state index contributed by atoms with van der Waals surface area (Å²) in [5.41, 5.74) is 6.86. The first-order chi connectivity index (χ1) is 8.63. The molecule has 0 spiro atoms. The highest BCUT2D eigenvalue weighted by Crippen LogP contribution is 2.26. The molecule has 1 aliphatic heterocycles. The molecule has 2 heterocycles. The van der Waals surface area contributed by atoms with Crippen molar-refractivity contribution in [1.29, 1.82) is 0 Å². The number of aromatic nitrogens is 1. The van der Waals surface area contributed by atoms with Crippen LogP contribution in [0.15, 0.2) is 12.1 Å². The summed E-state index contributed by atoms with van der Waals surface area (Å²) >= 11 is 0. The largest absolute Gasteiger partial charge is 0.365 e. The third kappa shape index (κ3) is 2.46. The minimum absolute atomic E-state index is 0.391. The molecule has 1 atom stereocenters. The number of aryl methyl sites for hydroxylation is 1. The van der Waals surface area contributed by atoms with Gasteiger partial charge in [-0.05, 0) is 38.9 Å². The minimum atomic E-state index is -0.410. The number of anilines is 1. The molecule has 0 aromatic carbocycles. The van der Waals surface area contributed by atoms with E-state index in [1.165, 1.54) is 0 Å². The average Bonchev–Trinajstić information content (AvgIpc) is 2.77. The Morgan fingerprint density at radius 1 is 1.61 bits per heavy atom. The Bertz CT molecular complexity index is 447. The summed E-state index contributed by atoms with van der Waals surface area (Å²) in [5, 5.41) is 3.19. The van der Waals surface area contributed by atoms with Gasteiger partial charge in [0, 0.05) is 24.8 Å². The molecule has 0 saturated carbocycles. The number of amides is 1. The predicted octanol–water partition coefficient (Wildman–Crippen LogP) is 0.677. The minimum Gasteiger partial charge on any atom is -0.365 e. The zero-order chi connectivity index (χ0) is 13.1. The Hall–Kier alpha value is -1.62. The SMILES string of the molecule is CNCC1CCCN1c1nc(C)ccc1C(N)=O. The van der Waals surface area contributed by atoms with Crippen molar-refractivity contribution >= 4 is 11.7 Å². The van der Waals surface area contributed by atoms with Crippen molar-refractivity contribution in [2.45, 2.75) is 25.8 Å². The fourth-order valence-electron chi connectivity index (χ4n) is 2.52. The summed E-state index contributed by atoms with van der Waals surface area (Å²) in [5.74, 6) is 0.327. The molecular formula is C13H20N4O. The molecule has 1 aliphatic rings. The number of rotatable bonds is 4. The Kier molecular flexibility index (Phi) is 3.81. The monoisotopic (exact) mass is 248 g/mol. The van der Waals surface area contributed by atoms with Crippen molar-refractivity contribution in [3.63, 3.8) is 0 Å². The number of nitrogens with two attached hydrogens (primary N) is 1. The number of pyridine rings is 1. The summed E-state index contributed by atoms with van der Waals surface area (Å²) in [4.78, 5) is 18.2. The summed E-state index contributed by atoms with van der Waals surface area (Å²) in [6.45, 7) is 3.76. The van der Waals surface area contributed by atoms with Crippen molar-refractivity contribution in [2.75, 3.05) is 25.0 Å². The fourth-order valence-corrected chi connectivity index (χ4v) is 2.52. The van der Waals surface area contributed by atoms with Gasteiger partial charge in [-0.15, -0.1) is 0 Å². The highest BCUT2D eigenvalue weighted by Gasteiger charge is 2.27. The molecule has 18 heavy (non-hydrogen) atoms. The molecular weight excluding hydrogens is 228 g/mol. The third-order valence-corrected chi connectivity index (χ3v) is 3.37. The molecule has 1 saturated heterocycles. The molecule has 1 amide bonds. The molecule has 1 unspecified atom stereocenters. The number of carbonyl (C=O) groups is 1. The molecule has 0 bridgehead atoms. The van der Waals surface area contributed by atoms with Crippen LogP contribution < -0.4 is 16.0 Å². The quantitative estimate of drug-likeness (QED) is 0.822. The Morgan fingerprint density at radius 2 is 2.39 bits per heavy atom. The normalized spacial score (nSPS) is 19.2. The van der Waals surface area contributed by atoms with Crippen molar-refractivity contribution in [3.05, 3.63) is 23.4 Å². The lowest BCUT2D eigenvalue weighted by Crippen LogP contribution is -2.38. The molecule has 3 N–H and O–H groups in total. The maximum absolute atomic E-state index is 11.5. The number of nitrogens with zero attached hydrogens (tertiary/aromatic N) is 2. The van der Waals surface area contributed by atoms with E-state index in [-0.39, 0.29) is 0 Å². The summed E-state index contributed by atoms with van der Waals surface area (Å²) in [6, 6.07) is 3.99. The van der Waals surface area contributed by atoms with Crippen LogP contribution in [0.3, 0.4) is 0 Å². The number of nitrogens with one attached hydrogen (secondary N) is 1. The summed E-state index contributed by atoms with van der Waals surface area (Å²) in [7, 11) is 1.94. The van der Waals surface area contributed by atoms with E-state index in [1.54, 1.807) is 6.07 Å². The number of primary amides is 1. The van der Waals surface area contributed by atoms with Gasteiger partial charge >= 0.3 is 0 Å². The van der Waals surface area contributed by atoms with E-state index in [2.05, 4.69) is 15.2 Å². The first kappa shape index (κ1) is 12.8. The lowest BCUT2D eigenvalue weighted by atomic mass is 10.2. The second-order valence-corrected chi connectivity index (χ2v) is 4.74. The molecule has 1 fully saturated rings. The van der Waals surface area contributed by atoms with E-state index in [1.807, 2.05) is 20.0 Å². The predicted molar refractivity (Wildman–Crippen MR) is 71.8 cm³/mol. The van der Waals surface area contributed by atoms with Crippen LogP contribution in [0.25, 0.3) is 0 Å². The van der Waals surface area contributed by atoms with E-state index in [9.17, 15) is 4.79 Å². The van der Waals surface area contributed by atoms with Crippen LogP contribution in [-0.2, 0) is 0 Å².